The minimum absolute atomic E-state index is 0.0276. The summed E-state index contributed by atoms with van der Waals surface area (Å²) in [7, 11) is 0. The summed E-state index contributed by atoms with van der Waals surface area (Å²) in [6.45, 7) is 5.25. The summed E-state index contributed by atoms with van der Waals surface area (Å²) in [5, 5.41) is 9.19. The molecule has 110 valence electrons. The predicted molar refractivity (Wildman–Crippen MR) is 78.9 cm³/mol. The number of nitriles is 1. The average molecular weight is 285 g/mol. The molecule has 0 aliphatic carbocycles. The van der Waals surface area contributed by atoms with Gasteiger partial charge in [0.1, 0.15) is 18.2 Å². The summed E-state index contributed by atoms with van der Waals surface area (Å²) >= 11 is 0. The van der Waals surface area contributed by atoms with Crippen LogP contribution in [0.2, 0.25) is 0 Å². The molecule has 1 aromatic carbocycles. The lowest BCUT2D eigenvalue weighted by Gasteiger charge is -2.38. The van der Waals surface area contributed by atoms with Crippen LogP contribution in [-0.4, -0.2) is 49.2 Å². The Bertz CT molecular complexity index is 573. The van der Waals surface area contributed by atoms with Crippen LogP contribution in [0.25, 0.3) is 0 Å². The van der Waals surface area contributed by atoms with Crippen molar-refractivity contribution in [2.45, 2.75) is 25.5 Å². The monoisotopic (exact) mass is 285 g/mol. The normalized spacial score (nSPS) is 26.5. The van der Waals surface area contributed by atoms with Crippen LogP contribution >= 0.6 is 0 Å². The molecule has 0 saturated carbocycles. The second-order valence-electron chi connectivity index (χ2n) is 5.65. The first-order valence-corrected chi connectivity index (χ1v) is 7.37. The van der Waals surface area contributed by atoms with Crippen LogP contribution in [0, 0.1) is 11.3 Å². The SMILES string of the molecule is CC1CC(N2CCN(c3ccccc3C#N)CC2)C(=O)O1. The Balaban J connectivity index is 1.66. The Morgan fingerprint density at radius 3 is 2.57 bits per heavy atom. The Labute approximate surface area is 124 Å². The van der Waals surface area contributed by atoms with Crippen LogP contribution in [0.4, 0.5) is 5.69 Å². The molecule has 2 saturated heterocycles. The third-order valence-electron chi connectivity index (χ3n) is 4.26. The van der Waals surface area contributed by atoms with E-state index in [1.165, 1.54) is 0 Å². The lowest BCUT2D eigenvalue weighted by atomic mass is 10.1. The summed E-state index contributed by atoms with van der Waals surface area (Å²) in [6, 6.07) is 9.82. The maximum absolute atomic E-state index is 11.8. The van der Waals surface area contributed by atoms with Gasteiger partial charge in [0.2, 0.25) is 0 Å². The minimum atomic E-state index is -0.0895. The van der Waals surface area contributed by atoms with Crippen molar-refractivity contribution in [3.63, 3.8) is 0 Å². The van der Waals surface area contributed by atoms with Gasteiger partial charge in [-0.15, -0.1) is 0 Å². The van der Waals surface area contributed by atoms with E-state index >= 15 is 0 Å². The maximum Gasteiger partial charge on any atom is 0.323 e. The van der Waals surface area contributed by atoms with Crippen molar-refractivity contribution < 1.29 is 9.53 Å². The number of para-hydroxylation sites is 1. The van der Waals surface area contributed by atoms with Gasteiger partial charge < -0.3 is 9.64 Å². The Morgan fingerprint density at radius 2 is 1.95 bits per heavy atom. The number of carbonyl (C=O) groups is 1. The number of anilines is 1. The van der Waals surface area contributed by atoms with Crippen molar-refractivity contribution >= 4 is 11.7 Å². The molecule has 2 unspecified atom stereocenters. The van der Waals surface area contributed by atoms with Crippen LogP contribution in [0.3, 0.4) is 0 Å². The molecule has 5 heteroatoms. The smallest absolute Gasteiger partial charge is 0.323 e. The number of hydrogen-bond donors (Lipinski definition) is 0. The summed E-state index contributed by atoms with van der Waals surface area (Å²) in [4.78, 5) is 16.2. The van der Waals surface area contributed by atoms with Gasteiger partial charge in [0.15, 0.2) is 0 Å². The van der Waals surface area contributed by atoms with E-state index in [-0.39, 0.29) is 18.1 Å². The molecule has 2 heterocycles. The highest BCUT2D eigenvalue weighted by Gasteiger charge is 2.37. The molecule has 0 amide bonds. The molecule has 2 fully saturated rings. The van der Waals surface area contributed by atoms with Crippen LogP contribution in [0.5, 0.6) is 0 Å². The molecule has 0 aromatic heterocycles. The van der Waals surface area contributed by atoms with Crippen LogP contribution < -0.4 is 4.90 Å². The number of cyclic esters (lactones) is 1. The number of piperazine rings is 1. The number of hydrogen-bond acceptors (Lipinski definition) is 5. The van der Waals surface area contributed by atoms with Crippen LogP contribution in [-0.2, 0) is 9.53 Å². The highest BCUT2D eigenvalue weighted by Crippen LogP contribution is 2.24. The molecule has 2 aliphatic heterocycles. The number of esters is 1. The first-order chi connectivity index (χ1) is 10.2. The van der Waals surface area contributed by atoms with Gasteiger partial charge in [-0.2, -0.15) is 5.26 Å². The first kappa shape index (κ1) is 13.9. The number of benzene rings is 1. The van der Waals surface area contributed by atoms with Crippen LogP contribution in [0.1, 0.15) is 18.9 Å². The van der Waals surface area contributed by atoms with E-state index in [2.05, 4.69) is 15.9 Å². The summed E-state index contributed by atoms with van der Waals surface area (Å²) < 4.78 is 5.24. The van der Waals surface area contributed by atoms with Crippen molar-refractivity contribution in [3.05, 3.63) is 29.8 Å². The van der Waals surface area contributed by atoms with E-state index < -0.39 is 0 Å². The van der Waals surface area contributed by atoms with E-state index in [4.69, 9.17) is 4.74 Å². The molecule has 0 N–H and O–H groups in total. The lowest BCUT2D eigenvalue weighted by molar-refractivity contribution is -0.144. The van der Waals surface area contributed by atoms with E-state index in [0.29, 0.717) is 5.56 Å². The molecule has 21 heavy (non-hydrogen) atoms. The molecule has 0 radical (unpaired) electrons. The molecule has 5 nitrogen and oxygen atoms in total. The third-order valence-corrected chi connectivity index (χ3v) is 4.26. The molecular weight excluding hydrogens is 266 g/mol. The van der Waals surface area contributed by atoms with Crippen molar-refractivity contribution in [2.24, 2.45) is 0 Å². The van der Waals surface area contributed by atoms with Gasteiger partial charge >= 0.3 is 5.97 Å². The van der Waals surface area contributed by atoms with E-state index in [1.54, 1.807) is 0 Å². The number of carbonyl (C=O) groups excluding carboxylic acids is 1. The van der Waals surface area contributed by atoms with Gasteiger partial charge in [-0.25, -0.2) is 0 Å². The first-order valence-electron chi connectivity index (χ1n) is 7.37. The van der Waals surface area contributed by atoms with E-state index in [1.807, 2.05) is 31.2 Å². The fraction of sp³-hybridized carbons (Fsp3) is 0.500. The molecule has 2 aliphatic rings. The van der Waals surface area contributed by atoms with E-state index in [9.17, 15) is 10.1 Å². The summed E-state index contributed by atoms with van der Waals surface area (Å²) in [5.74, 6) is -0.0895. The predicted octanol–water partition coefficient (Wildman–Crippen LogP) is 1.38. The van der Waals surface area contributed by atoms with Gasteiger partial charge in [-0.05, 0) is 19.1 Å². The Kier molecular flexibility index (Phi) is 3.80. The molecule has 0 spiro atoms. The van der Waals surface area contributed by atoms with Gasteiger partial charge in [0.25, 0.3) is 0 Å². The summed E-state index contributed by atoms with van der Waals surface area (Å²) in [5.41, 5.74) is 1.70. The highest BCUT2D eigenvalue weighted by molar-refractivity contribution is 5.78. The number of nitrogens with zero attached hydrogens (tertiary/aromatic N) is 3. The van der Waals surface area contributed by atoms with Crippen molar-refractivity contribution in [1.82, 2.24) is 4.90 Å². The maximum atomic E-state index is 11.8. The standard InChI is InChI=1S/C16H19N3O2/c1-12-10-15(16(20)21-12)19-8-6-18(7-9-19)14-5-3-2-4-13(14)11-17/h2-5,12,15H,6-10H2,1H3. The van der Waals surface area contributed by atoms with Crippen molar-refractivity contribution in [2.75, 3.05) is 31.1 Å². The summed E-state index contributed by atoms with van der Waals surface area (Å²) in [6.07, 6.45) is 0.813. The molecule has 2 atom stereocenters. The van der Waals surface area contributed by atoms with Gasteiger partial charge in [-0.1, -0.05) is 12.1 Å². The molecular formula is C16H19N3O2. The van der Waals surface area contributed by atoms with Crippen molar-refractivity contribution in [1.29, 1.82) is 5.26 Å². The topological polar surface area (TPSA) is 56.6 Å². The van der Waals surface area contributed by atoms with Crippen LogP contribution in [0.15, 0.2) is 24.3 Å². The Morgan fingerprint density at radius 1 is 1.24 bits per heavy atom. The quantitative estimate of drug-likeness (QED) is 0.768. The zero-order chi connectivity index (χ0) is 14.8. The van der Waals surface area contributed by atoms with Gasteiger partial charge in [0, 0.05) is 32.6 Å². The molecule has 3 rings (SSSR count). The Hall–Kier alpha value is -2.06. The molecule has 0 bridgehead atoms. The molecule has 1 aromatic rings. The second-order valence-corrected chi connectivity index (χ2v) is 5.65. The minimum Gasteiger partial charge on any atom is -0.461 e. The fourth-order valence-electron chi connectivity index (χ4n) is 3.15. The number of rotatable bonds is 2. The van der Waals surface area contributed by atoms with Crippen molar-refractivity contribution in [3.8, 4) is 6.07 Å². The zero-order valence-electron chi connectivity index (χ0n) is 12.2. The number of ether oxygens (including phenoxy) is 1. The second kappa shape index (κ2) is 5.74. The zero-order valence-corrected chi connectivity index (χ0v) is 12.2. The highest BCUT2D eigenvalue weighted by atomic mass is 16.6. The third kappa shape index (κ3) is 2.72. The fourth-order valence-corrected chi connectivity index (χ4v) is 3.15. The van der Waals surface area contributed by atoms with Gasteiger partial charge in [-0.3, -0.25) is 9.69 Å². The average Bonchev–Trinajstić information content (AvgIpc) is 2.86. The van der Waals surface area contributed by atoms with Gasteiger partial charge in [0.05, 0.1) is 11.3 Å². The largest absolute Gasteiger partial charge is 0.461 e. The lowest BCUT2D eigenvalue weighted by Crippen LogP contribution is -2.51. The van der Waals surface area contributed by atoms with E-state index in [0.717, 1.165) is 38.3 Å².